The van der Waals surface area contributed by atoms with E-state index in [9.17, 15) is 4.79 Å². The minimum atomic E-state index is -0.521. The molecule has 3 rings (SSSR count). The molecule has 1 aromatic heterocycles. The van der Waals surface area contributed by atoms with E-state index < -0.39 is 6.03 Å². The fourth-order valence-corrected chi connectivity index (χ4v) is 2.25. The van der Waals surface area contributed by atoms with E-state index in [2.05, 4.69) is 4.98 Å². The molecule has 1 heterocycles. The summed E-state index contributed by atoms with van der Waals surface area (Å²) in [5.74, 6) is 0.590. The maximum atomic E-state index is 11.7. The van der Waals surface area contributed by atoms with Gasteiger partial charge in [-0.25, -0.2) is 14.3 Å². The lowest BCUT2D eigenvalue weighted by Crippen LogP contribution is -2.20. The highest BCUT2D eigenvalue weighted by Gasteiger charge is 2.16. The Kier molecular flexibility index (Phi) is 2.56. The SMILES string of the molecule is Cc1ccccc1-c1nc2ccccc2n1C(N)=O. The summed E-state index contributed by atoms with van der Waals surface area (Å²) in [5.41, 5.74) is 8.96. The Hall–Kier alpha value is -2.62. The van der Waals surface area contributed by atoms with Gasteiger partial charge in [0.05, 0.1) is 11.0 Å². The molecule has 0 saturated heterocycles. The number of hydrogen-bond acceptors (Lipinski definition) is 2. The maximum absolute atomic E-state index is 11.7. The number of aryl methyl sites for hydroxylation is 1. The molecule has 2 N–H and O–H groups in total. The predicted octanol–water partition coefficient (Wildman–Crippen LogP) is 2.94. The molecule has 0 aliphatic heterocycles. The molecule has 0 fully saturated rings. The van der Waals surface area contributed by atoms with Gasteiger partial charge in [0.25, 0.3) is 0 Å². The van der Waals surface area contributed by atoms with E-state index in [0.717, 1.165) is 22.2 Å². The minimum absolute atomic E-state index is 0.521. The fourth-order valence-electron chi connectivity index (χ4n) is 2.25. The summed E-state index contributed by atoms with van der Waals surface area (Å²) in [6.07, 6.45) is 0. The van der Waals surface area contributed by atoms with Crippen molar-refractivity contribution in [2.24, 2.45) is 5.73 Å². The summed E-state index contributed by atoms with van der Waals surface area (Å²) in [6, 6.07) is 14.8. The molecule has 4 heteroatoms. The molecule has 19 heavy (non-hydrogen) atoms. The summed E-state index contributed by atoms with van der Waals surface area (Å²) in [5, 5.41) is 0. The van der Waals surface area contributed by atoms with Crippen LogP contribution in [0.15, 0.2) is 48.5 Å². The van der Waals surface area contributed by atoms with E-state index in [0.29, 0.717) is 5.82 Å². The van der Waals surface area contributed by atoms with Crippen molar-refractivity contribution in [2.45, 2.75) is 6.92 Å². The summed E-state index contributed by atoms with van der Waals surface area (Å²) >= 11 is 0. The lowest BCUT2D eigenvalue weighted by Gasteiger charge is -2.06. The molecule has 0 bridgehead atoms. The molecule has 2 aromatic carbocycles. The lowest BCUT2D eigenvalue weighted by atomic mass is 10.1. The molecule has 3 aromatic rings. The minimum Gasteiger partial charge on any atom is -0.351 e. The normalized spacial score (nSPS) is 10.8. The van der Waals surface area contributed by atoms with Crippen LogP contribution in [0.4, 0.5) is 4.79 Å². The van der Waals surface area contributed by atoms with Crippen LogP contribution >= 0.6 is 0 Å². The van der Waals surface area contributed by atoms with Crippen molar-refractivity contribution >= 4 is 17.1 Å². The van der Waals surface area contributed by atoms with Crippen LogP contribution in [0.3, 0.4) is 0 Å². The first-order valence-electron chi connectivity index (χ1n) is 6.02. The number of carbonyl (C=O) groups is 1. The zero-order chi connectivity index (χ0) is 13.4. The second kappa shape index (κ2) is 4.24. The summed E-state index contributed by atoms with van der Waals surface area (Å²) in [4.78, 5) is 16.3. The van der Waals surface area contributed by atoms with Crippen molar-refractivity contribution in [1.29, 1.82) is 0 Å². The van der Waals surface area contributed by atoms with Gasteiger partial charge in [0.2, 0.25) is 0 Å². The molecule has 4 nitrogen and oxygen atoms in total. The average Bonchev–Trinajstić information content (AvgIpc) is 2.78. The second-order valence-electron chi connectivity index (χ2n) is 4.41. The molecule has 0 spiro atoms. The number of hydrogen-bond donors (Lipinski definition) is 1. The molecular weight excluding hydrogens is 238 g/mol. The van der Waals surface area contributed by atoms with Gasteiger partial charge in [-0.1, -0.05) is 36.4 Å². The van der Waals surface area contributed by atoms with Gasteiger partial charge in [-0.15, -0.1) is 0 Å². The molecule has 0 saturated carbocycles. The number of imidazole rings is 1. The van der Waals surface area contributed by atoms with Gasteiger partial charge in [-0.05, 0) is 24.6 Å². The van der Waals surface area contributed by atoms with Gasteiger partial charge < -0.3 is 5.73 Å². The van der Waals surface area contributed by atoms with E-state index in [4.69, 9.17) is 5.73 Å². The van der Waals surface area contributed by atoms with Crippen LogP contribution in [0.25, 0.3) is 22.4 Å². The number of benzene rings is 2. The predicted molar refractivity (Wildman–Crippen MR) is 74.9 cm³/mol. The zero-order valence-corrected chi connectivity index (χ0v) is 10.5. The Labute approximate surface area is 110 Å². The first-order chi connectivity index (χ1) is 9.18. The number of nitrogens with zero attached hydrogens (tertiary/aromatic N) is 2. The molecule has 94 valence electrons. The third kappa shape index (κ3) is 1.78. The molecule has 0 radical (unpaired) electrons. The van der Waals surface area contributed by atoms with Crippen molar-refractivity contribution in [3.8, 4) is 11.4 Å². The van der Waals surface area contributed by atoms with Crippen molar-refractivity contribution in [1.82, 2.24) is 9.55 Å². The highest BCUT2D eigenvalue weighted by molar-refractivity contribution is 5.93. The maximum Gasteiger partial charge on any atom is 0.325 e. The summed E-state index contributed by atoms with van der Waals surface area (Å²) in [6.45, 7) is 1.99. The standard InChI is InChI=1S/C15H13N3O/c1-10-6-2-3-7-11(10)14-17-12-8-4-5-9-13(12)18(14)15(16)19/h2-9H,1H3,(H2,16,19). The third-order valence-corrected chi connectivity index (χ3v) is 3.17. The van der Waals surface area contributed by atoms with Crippen LogP contribution in [0.5, 0.6) is 0 Å². The monoisotopic (exact) mass is 251 g/mol. The number of primary amides is 1. The Morgan fingerprint density at radius 2 is 1.79 bits per heavy atom. The smallest absolute Gasteiger partial charge is 0.325 e. The number of rotatable bonds is 1. The number of aromatic nitrogens is 2. The van der Waals surface area contributed by atoms with Gasteiger partial charge >= 0.3 is 6.03 Å². The van der Waals surface area contributed by atoms with Crippen LogP contribution in [-0.2, 0) is 0 Å². The van der Waals surface area contributed by atoms with Crippen molar-refractivity contribution in [3.63, 3.8) is 0 Å². The van der Waals surface area contributed by atoms with Crippen LogP contribution in [0, 0.1) is 6.92 Å². The molecule has 1 amide bonds. The van der Waals surface area contributed by atoms with Gasteiger partial charge in [0, 0.05) is 5.56 Å². The number of para-hydroxylation sites is 2. The van der Waals surface area contributed by atoms with Crippen LogP contribution in [0.1, 0.15) is 5.56 Å². The van der Waals surface area contributed by atoms with Crippen LogP contribution in [-0.4, -0.2) is 15.6 Å². The average molecular weight is 251 g/mol. The van der Waals surface area contributed by atoms with Gasteiger partial charge in [-0.2, -0.15) is 0 Å². The fraction of sp³-hybridized carbons (Fsp3) is 0.0667. The number of fused-ring (bicyclic) bond motifs is 1. The van der Waals surface area contributed by atoms with Crippen LogP contribution < -0.4 is 5.73 Å². The topological polar surface area (TPSA) is 60.9 Å². The van der Waals surface area contributed by atoms with E-state index in [1.807, 2.05) is 55.5 Å². The quantitative estimate of drug-likeness (QED) is 0.722. The number of carbonyl (C=O) groups excluding carboxylic acids is 1. The first kappa shape index (κ1) is 11.5. The molecule has 0 aliphatic rings. The highest BCUT2D eigenvalue weighted by atomic mass is 16.2. The molecule has 0 unspecified atom stereocenters. The largest absolute Gasteiger partial charge is 0.351 e. The number of amides is 1. The van der Waals surface area contributed by atoms with E-state index in [1.54, 1.807) is 0 Å². The van der Waals surface area contributed by atoms with Gasteiger partial charge in [0.1, 0.15) is 5.82 Å². The Balaban J connectivity index is 2.38. The Bertz CT molecular complexity index is 774. The highest BCUT2D eigenvalue weighted by Crippen LogP contribution is 2.26. The zero-order valence-electron chi connectivity index (χ0n) is 10.5. The van der Waals surface area contributed by atoms with E-state index >= 15 is 0 Å². The van der Waals surface area contributed by atoms with Crippen LogP contribution in [0.2, 0.25) is 0 Å². The summed E-state index contributed by atoms with van der Waals surface area (Å²) < 4.78 is 1.46. The van der Waals surface area contributed by atoms with Crippen molar-refractivity contribution in [2.75, 3.05) is 0 Å². The third-order valence-electron chi connectivity index (χ3n) is 3.17. The van der Waals surface area contributed by atoms with E-state index in [1.165, 1.54) is 4.57 Å². The molecule has 0 atom stereocenters. The second-order valence-corrected chi connectivity index (χ2v) is 4.41. The van der Waals surface area contributed by atoms with Gasteiger partial charge in [-0.3, -0.25) is 0 Å². The molecule has 0 aliphatic carbocycles. The number of nitrogens with two attached hydrogens (primary N) is 1. The van der Waals surface area contributed by atoms with E-state index in [-0.39, 0.29) is 0 Å². The lowest BCUT2D eigenvalue weighted by molar-refractivity contribution is 0.251. The van der Waals surface area contributed by atoms with Crippen molar-refractivity contribution in [3.05, 3.63) is 54.1 Å². The van der Waals surface area contributed by atoms with Gasteiger partial charge in [0.15, 0.2) is 0 Å². The van der Waals surface area contributed by atoms with Crippen molar-refractivity contribution < 1.29 is 4.79 Å². The summed E-state index contributed by atoms with van der Waals surface area (Å²) in [7, 11) is 0. The molecular formula is C15H13N3O. The Morgan fingerprint density at radius 1 is 1.11 bits per heavy atom. The first-order valence-corrected chi connectivity index (χ1v) is 6.02. The Morgan fingerprint density at radius 3 is 2.53 bits per heavy atom.